The zero-order valence-electron chi connectivity index (χ0n) is 14.1. The zero-order valence-corrected chi connectivity index (χ0v) is 14.1. The maximum atomic E-state index is 12.1. The molecule has 2 N–H and O–H groups in total. The van der Waals surface area contributed by atoms with E-state index in [2.05, 4.69) is 31.1 Å². The van der Waals surface area contributed by atoms with E-state index in [1.165, 1.54) is 4.68 Å². The van der Waals surface area contributed by atoms with Crippen molar-refractivity contribution >= 4 is 11.8 Å². The number of hydrogen-bond donors (Lipinski definition) is 1. The van der Waals surface area contributed by atoms with Gasteiger partial charge < -0.3 is 5.73 Å². The van der Waals surface area contributed by atoms with Gasteiger partial charge in [0.05, 0.1) is 24.2 Å². The molecule has 12 nitrogen and oxygen atoms in total. The second-order valence-electron chi connectivity index (χ2n) is 5.38. The average molecular weight is 356 g/mol. The predicted octanol–water partition coefficient (Wildman–Crippen LogP) is -1.32. The molecule has 4 rings (SSSR count). The highest BCUT2D eigenvalue weighted by Crippen LogP contribution is 2.23. The lowest BCUT2D eigenvalue weighted by atomic mass is 10.1. The van der Waals surface area contributed by atoms with Gasteiger partial charge in [-0.1, -0.05) is 12.1 Å². The molecular formula is C14H16N10O2. The lowest BCUT2D eigenvalue weighted by molar-refractivity contribution is 0.0636. The Morgan fingerprint density at radius 3 is 1.77 bits per heavy atom. The summed E-state index contributed by atoms with van der Waals surface area (Å²) in [5.41, 5.74) is 6.09. The number of tetrazole rings is 2. The fourth-order valence-corrected chi connectivity index (χ4v) is 2.33. The van der Waals surface area contributed by atoms with Crippen LogP contribution in [0.15, 0.2) is 24.3 Å². The molecular weight excluding hydrogens is 340 g/mol. The Kier molecular flexibility index (Phi) is 4.75. The van der Waals surface area contributed by atoms with Gasteiger partial charge >= 0.3 is 0 Å². The summed E-state index contributed by atoms with van der Waals surface area (Å²) in [6, 6.07) is 6.75. The molecule has 0 saturated heterocycles. The van der Waals surface area contributed by atoms with Gasteiger partial charge in [-0.15, -0.1) is 10.2 Å². The molecule has 0 fully saturated rings. The van der Waals surface area contributed by atoms with E-state index in [4.69, 9.17) is 5.73 Å². The smallest absolute Gasteiger partial charge is 0.261 e. The summed E-state index contributed by atoms with van der Waals surface area (Å²) in [5, 5.41) is 21.5. The van der Waals surface area contributed by atoms with Crippen molar-refractivity contribution in [2.75, 3.05) is 0 Å². The molecule has 0 atom stereocenters. The molecule has 1 aliphatic heterocycles. The summed E-state index contributed by atoms with van der Waals surface area (Å²) >= 11 is 0. The molecule has 0 radical (unpaired) electrons. The Labute approximate surface area is 147 Å². The number of carbonyl (C=O) groups is 2. The number of hydrogen-bond acceptors (Lipinski definition) is 9. The highest BCUT2D eigenvalue weighted by molar-refractivity contribution is 6.21. The molecule has 3 aromatic rings. The Hall–Kier alpha value is -3.54. The van der Waals surface area contributed by atoms with Crippen LogP contribution in [0, 0.1) is 0 Å². The van der Waals surface area contributed by atoms with E-state index in [9.17, 15) is 9.59 Å². The van der Waals surface area contributed by atoms with E-state index in [0.717, 1.165) is 4.90 Å². The molecule has 134 valence electrons. The molecule has 0 bridgehead atoms. The highest BCUT2D eigenvalue weighted by atomic mass is 16.2. The largest absolute Gasteiger partial charge is 0.324 e. The fourth-order valence-electron chi connectivity index (χ4n) is 2.33. The monoisotopic (exact) mass is 356 g/mol. The van der Waals surface area contributed by atoms with Crippen molar-refractivity contribution in [3.63, 3.8) is 0 Å². The Bertz CT molecular complexity index is 912. The Morgan fingerprint density at radius 1 is 0.885 bits per heavy atom. The Morgan fingerprint density at radius 2 is 1.38 bits per heavy atom. The first kappa shape index (κ1) is 17.3. The van der Waals surface area contributed by atoms with Gasteiger partial charge in [0.2, 0.25) is 0 Å². The van der Waals surface area contributed by atoms with Crippen LogP contribution in [0.25, 0.3) is 0 Å². The van der Waals surface area contributed by atoms with E-state index >= 15 is 0 Å². The zero-order chi connectivity index (χ0) is 18.7. The first-order valence-corrected chi connectivity index (χ1v) is 7.60. The van der Waals surface area contributed by atoms with Crippen LogP contribution >= 0.6 is 0 Å². The van der Waals surface area contributed by atoms with Crippen LogP contribution in [0.4, 0.5) is 0 Å². The van der Waals surface area contributed by atoms with E-state index in [-0.39, 0.29) is 18.4 Å². The van der Waals surface area contributed by atoms with E-state index in [0.29, 0.717) is 29.3 Å². The minimum atomic E-state index is -0.307. The molecule has 26 heavy (non-hydrogen) atoms. The number of aromatic nitrogens is 8. The topological polar surface area (TPSA) is 151 Å². The van der Waals surface area contributed by atoms with Crippen molar-refractivity contribution in [2.45, 2.75) is 13.1 Å². The first-order chi connectivity index (χ1) is 12.5. The van der Waals surface area contributed by atoms with E-state index < -0.39 is 0 Å². The minimum Gasteiger partial charge on any atom is -0.324 e. The molecule has 1 aromatic carbocycles. The van der Waals surface area contributed by atoms with Crippen molar-refractivity contribution < 1.29 is 9.59 Å². The van der Waals surface area contributed by atoms with Crippen LogP contribution in [-0.2, 0) is 27.2 Å². The lowest BCUT2D eigenvalue weighted by Crippen LogP contribution is -2.30. The third-order valence-electron chi connectivity index (χ3n) is 3.78. The summed E-state index contributed by atoms with van der Waals surface area (Å²) in [7, 11) is 3.41. The van der Waals surface area contributed by atoms with E-state index in [1.807, 2.05) is 0 Å². The van der Waals surface area contributed by atoms with Crippen molar-refractivity contribution in [1.82, 2.24) is 45.3 Å². The number of rotatable bonds is 3. The number of fused-ring (bicyclic) bond motifs is 1. The van der Waals surface area contributed by atoms with Gasteiger partial charge in [-0.2, -0.15) is 0 Å². The normalized spacial score (nSPS) is 12.8. The van der Waals surface area contributed by atoms with Gasteiger partial charge in [0.1, 0.15) is 0 Å². The van der Waals surface area contributed by atoms with Crippen molar-refractivity contribution in [1.29, 1.82) is 0 Å². The van der Waals surface area contributed by atoms with Gasteiger partial charge in [0.15, 0.2) is 11.6 Å². The maximum Gasteiger partial charge on any atom is 0.261 e. The number of nitrogens with zero attached hydrogens (tertiary/aromatic N) is 9. The molecule has 2 aromatic heterocycles. The SMILES string of the molecule is Cn1nnnc1CN.Cn1nnnc1CN1C(=O)c2ccccc2C1=O. The summed E-state index contributed by atoms with van der Waals surface area (Å²) < 4.78 is 2.98. The average Bonchev–Trinajstić information content (AvgIpc) is 3.32. The molecule has 0 spiro atoms. The predicted molar refractivity (Wildman–Crippen MR) is 86.1 cm³/mol. The summed E-state index contributed by atoms with van der Waals surface area (Å²) in [5.74, 6) is 0.548. The quantitative estimate of drug-likeness (QED) is 0.563. The van der Waals surface area contributed by atoms with Gasteiger partial charge in [-0.25, -0.2) is 9.36 Å². The summed E-state index contributed by atoms with van der Waals surface area (Å²) in [6.07, 6.45) is 0. The summed E-state index contributed by atoms with van der Waals surface area (Å²) in [6.45, 7) is 0.472. The van der Waals surface area contributed by atoms with Crippen LogP contribution in [0.5, 0.6) is 0 Å². The highest BCUT2D eigenvalue weighted by Gasteiger charge is 2.35. The van der Waals surface area contributed by atoms with Crippen LogP contribution < -0.4 is 5.73 Å². The standard InChI is InChI=1S/C11H9N5O2.C3H7N5/c1-15-9(12-13-14-15)6-16-10(17)7-4-2-3-5-8(7)11(16)18;1-8-3(2-4)5-6-7-8/h2-5H,6H2,1H3;2,4H2,1H3. The van der Waals surface area contributed by atoms with Crippen LogP contribution in [0.3, 0.4) is 0 Å². The number of benzene rings is 1. The van der Waals surface area contributed by atoms with Gasteiger partial charge in [0.25, 0.3) is 11.8 Å². The Balaban J connectivity index is 0.000000206. The second-order valence-corrected chi connectivity index (χ2v) is 5.38. The second kappa shape index (κ2) is 7.14. The molecule has 2 amide bonds. The number of nitrogens with two attached hydrogens (primary N) is 1. The van der Waals surface area contributed by atoms with Crippen LogP contribution in [0.2, 0.25) is 0 Å². The third-order valence-corrected chi connectivity index (χ3v) is 3.78. The molecule has 1 aliphatic rings. The van der Waals surface area contributed by atoms with Gasteiger partial charge in [-0.05, 0) is 33.0 Å². The third kappa shape index (κ3) is 3.17. The minimum absolute atomic E-state index is 0.0792. The van der Waals surface area contributed by atoms with E-state index in [1.54, 1.807) is 43.0 Å². The maximum absolute atomic E-state index is 12.1. The van der Waals surface area contributed by atoms with Crippen molar-refractivity contribution in [2.24, 2.45) is 19.8 Å². The summed E-state index contributed by atoms with van der Waals surface area (Å²) in [4.78, 5) is 25.3. The van der Waals surface area contributed by atoms with Gasteiger partial charge in [-0.3, -0.25) is 14.5 Å². The number of imide groups is 1. The molecule has 0 saturated carbocycles. The van der Waals surface area contributed by atoms with Crippen LogP contribution in [-0.4, -0.2) is 57.1 Å². The molecule has 3 heterocycles. The van der Waals surface area contributed by atoms with Crippen molar-refractivity contribution in [3.8, 4) is 0 Å². The lowest BCUT2D eigenvalue weighted by Gasteiger charge is -2.11. The first-order valence-electron chi connectivity index (χ1n) is 7.60. The number of aryl methyl sites for hydroxylation is 2. The van der Waals surface area contributed by atoms with Crippen LogP contribution in [0.1, 0.15) is 32.4 Å². The van der Waals surface area contributed by atoms with Crippen molar-refractivity contribution in [3.05, 3.63) is 47.0 Å². The molecule has 12 heteroatoms. The number of carbonyl (C=O) groups excluding carboxylic acids is 2. The molecule has 0 aliphatic carbocycles. The fraction of sp³-hybridized carbons (Fsp3) is 0.286. The number of amides is 2. The van der Waals surface area contributed by atoms with Gasteiger partial charge in [0, 0.05) is 14.1 Å². The molecule has 0 unspecified atom stereocenters.